The zero-order valence-electron chi connectivity index (χ0n) is 22.4. The van der Waals surface area contributed by atoms with Crippen molar-refractivity contribution < 1.29 is 9.47 Å². The van der Waals surface area contributed by atoms with Crippen molar-refractivity contribution in [3.05, 3.63) is 89.0 Å². The molecule has 0 heterocycles. The van der Waals surface area contributed by atoms with Crippen molar-refractivity contribution >= 4 is 11.4 Å². The zero-order valence-corrected chi connectivity index (χ0v) is 22.4. The Kier molecular flexibility index (Phi) is 10.0. The minimum Gasteiger partial charge on any atom is -0.493 e. The Balaban J connectivity index is 1.96. The molecule has 0 saturated carbocycles. The fourth-order valence-corrected chi connectivity index (χ4v) is 4.39. The topological polar surface area (TPSA) is 24.9 Å². The minimum absolute atomic E-state index is 0.228. The van der Waals surface area contributed by atoms with Crippen LogP contribution in [0.4, 0.5) is 11.4 Å². The molecule has 0 bridgehead atoms. The Labute approximate surface area is 212 Å². The van der Waals surface area contributed by atoms with Crippen molar-refractivity contribution in [3.63, 3.8) is 0 Å². The maximum atomic E-state index is 6.63. The first-order valence-electron chi connectivity index (χ1n) is 13.0. The number of aryl methyl sites for hydroxylation is 1. The van der Waals surface area contributed by atoms with Crippen LogP contribution in [0.5, 0.6) is 5.75 Å². The lowest BCUT2D eigenvalue weighted by Crippen LogP contribution is -2.22. The first kappa shape index (κ1) is 26.6. The Hall–Kier alpha value is -2.98. The van der Waals surface area contributed by atoms with Gasteiger partial charge in [-0.3, -0.25) is 0 Å². The molecule has 3 rings (SSSR count). The molecule has 0 N–H and O–H groups in total. The average molecular weight is 475 g/mol. The molecule has 0 saturated heterocycles. The zero-order chi connectivity index (χ0) is 25.2. The molecule has 1 unspecified atom stereocenters. The highest BCUT2D eigenvalue weighted by Crippen LogP contribution is 2.37. The average Bonchev–Trinajstić information content (AvgIpc) is 2.87. The van der Waals surface area contributed by atoms with E-state index in [0.29, 0.717) is 13.2 Å². The maximum Gasteiger partial charge on any atom is 0.127 e. The molecule has 188 valence electrons. The van der Waals surface area contributed by atoms with Crippen LogP contribution in [0.2, 0.25) is 0 Å². The fraction of sp³-hybridized carbons (Fsp3) is 0.419. The molecular formula is C31H42N2O2. The van der Waals surface area contributed by atoms with E-state index in [0.717, 1.165) is 42.8 Å². The lowest BCUT2D eigenvalue weighted by atomic mass is 9.99. The molecule has 0 aliphatic carbocycles. The second-order valence-electron chi connectivity index (χ2n) is 9.07. The van der Waals surface area contributed by atoms with Gasteiger partial charge in [-0.1, -0.05) is 55.8 Å². The summed E-state index contributed by atoms with van der Waals surface area (Å²) in [6, 6.07) is 24.0. The van der Waals surface area contributed by atoms with E-state index in [1.165, 1.54) is 22.5 Å². The lowest BCUT2D eigenvalue weighted by Gasteiger charge is -2.26. The van der Waals surface area contributed by atoms with Gasteiger partial charge in [0.15, 0.2) is 0 Å². The molecule has 3 aromatic rings. The third kappa shape index (κ3) is 7.02. The molecule has 0 aliphatic heterocycles. The van der Waals surface area contributed by atoms with Gasteiger partial charge in [0.2, 0.25) is 0 Å². The number of rotatable bonds is 13. The van der Waals surface area contributed by atoms with E-state index < -0.39 is 0 Å². The Morgan fingerprint density at radius 2 is 1.37 bits per heavy atom. The molecule has 0 aromatic heterocycles. The second kappa shape index (κ2) is 13.2. The highest BCUT2D eigenvalue weighted by atomic mass is 16.5. The van der Waals surface area contributed by atoms with E-state index in [1.807, 2.05) is 6.92 Å². The van der Waals surface area contributed by atoms with Gasteiger partial charge in [-0.2, -0.15) is 0 Å². The van der Waals surface area contributed by atoms with Crippen molar-refractivity contribution in [2.24, 2.45) is 0 Å². The van der Waals surface area contributed by atoms with Gasteiger partial charge in [0.1, 0.15) is 11.9 Å². The summed E-state index contributed by atoms with van der Waals surface area (Å²) in [5, 5.41) is 0. The molecule has 0 aliphatic rings. The number of nitrogens with zero attached hydrogens (tertiary/aromatic N) is 2. The first-order chi connectivity index (χ1) is 17.0. The predicted molar refractivity (Wildman–Crippen MR) is 149 cm³/mol. The maximum absolute atomic E-state index is 6.63. The summed E-state index contributed by atoms with van der Waals surface area (Å²) in [6.45, 7) is 11.7. The van der Waals surface area contributed by atoms with Gasteiger partial charge in [0.25, 0.3) is 0 Å². The van der Waals surface area contributed by atoms with E-state index in [9.17, 15) is 0 Å². The monoisotopic (exact) mass is 474 g/mol. The van der Waals surface area contributed by atoms with E-state index >= 15 is 0 Å². The third-order valence-corrected chi connectivity index (χ3v) is 6.40. The first-order valence-corrected chi connectivity index (χ1v) is 13.0. The normalized spacial score (nSPS) is 11.8. The Morgan fingerprint density at radius 1 is 0.743 bits per heavy atom. The summed E-state index contributed by atoms with van der Waals surface area (Å²) < 4.78 is 12.8. The van der Waals surface area contributed by atoms with Crippen LogP contribution in [0, 0.1) is 0 Å². The van der Waals surface area contributed by atoms with E-state index in [1.54, 1.807) is 0 Å². The molecular weight excluding hydrogens is 432 g/mol. The molecule has 3 aromatic carbocycles. The fourth-order valence-electron chi connectivity index (χ4n) is 4.39. The Morgan fingerprint density at radius 3 is 1.94 bits per heavy atom. The van der Waals surface area contributed by atoms with Crippen molar-refractivity contribution in [3.8, 4) is 5.75 Å². The quantitative estimate of drug-likeness (QED) is 0.260. The van der Waals surface area contributed by atoms with E-state index in [4.69, 9.17) is 9.47 Å². The third-order valence-electron chi connectivity index (χ3n) is 6.40. The minimum atomic E-state index is -0.228. The molecule has 4 heteroatoms. The summed E-state index contributed by atoms with van der Waals surface area (Å²) in [5.41, 5.74) is 7.07. The van der Waals surface area contributed by atoms with Crippen LogP contribution >= 0.6 is 0 Å². The molecule has 0 spiro atoms. The van der Waals surface area contributed by atoms with Crippen molar-refractivity contribution in [1.29, 1.82) is 0 Å². The summed E-state index contributed by atoms with van der Waals surface area (Å²) in [5.74, 6) is 0.886. The van der Waals surface area contributed by atoms with Gasteiger partial charge < -0.3 is 19.3 Å². The van der Waals surface area contributed by atoms with Gasteiger partial charge >= 0.3 is 0 Å². The second-order valence-corrected chi connectivity index (χ2v) is 9.07. The van der Waals surface area contributed by atoms with Crippen LogP contribution in [-0.4, -0.2) is 33.8 Å². The molecule has 0 amide bonds. The van der Waals surface area contributed by atoms with Crippen molar-refractivity contribution in [1.82, 2.24) is 0 Å². The summed E-state index contributed by atoms with van der Waals surface area (Å²) in [7, 11) is 4.12. The van der Waals surface area contributed by atoms with Gasteiger partial charge in [-0.15, -0.1) is 0 Å². The summed E-state index contributed by atoms with van der Waals surface area (Å²) in [6.07, 6.45) is 2.04. The highest BCUT2D eigenvalue weighted by molar-refractivity contribution is 5.56. The van der Waals surface area contributed by atoms with Crippen LogP contribution in [-0.2, 0) is 17.8 Å². The molecule has 1 atom stereocenters. The summed E-state index contributed by atoms with van der Waals surface area (Å²) in [4.78, 5) is 4.45. The van der Waals surface area contributed by atoms with E-state index in [2.05, 4.69) is 111 Å². The van der Waals surface area contributed by atoms with Crippen LogP contribution in [0.25, 0.3) is 0 Å². The number of hydrogen-bond donors (Lipinski definition) is 0. The highest BCUT2D eigenvalue weighted by Gasteiger charge is 2.21. The van der Waals surface area contributed by atoms with Gasteiger partial charge in [0.05, 0.1) is 13.2 Å². The van der Waals surface area contributed by atoms with Crippen LogP contribution in [0.1, 0.15) is 62.5 Å². The van der Waals surface area contributed by atoms with E-state index in [-0.39, 0.29) is 6.10 Å². The number of ether oxygens (including phenoxy) is 2. The number of benzene rings is 3. The van der Waals surface area contributed by atoms with Gasteiger partial charge in [-0.05, 0) is 62.1 Å². The van der Waals surface area contributed by atoms with Gasteiger partial charge in [0, 0.05) is 50.2 Å². The van der Waals surface area contributed by atoms with Crippen LogP contribution < -0.4 is 14.5 Å². The number of anilines is 2. The van der Waals surface area contributed by atoms with Gasteiger partial charge in [-0.25, -0.2) is 0 Å². The standard InChI is InChI=1S/C31H42N2O2/c1-7-11-24-12-14-25(15-13-24)23-35-31(26-16-18-27(19-17-26)32(5)6)29-21-20-28(33(8-2)9-3)22-30(29)34-10-4/h12-22,31H,7-11,23H2,1-6H3. The van der Waals surface area contributed by atoms with Crippen LogP contribution in [0.15, 0.2) is 66.7 Å². The molecule has 0 radical (unpaired) electrons. The lowest BCUT2D eigenvalue weighted by molar-refractivity contribution is 0.0647. The van der Waals surface area contributed by atoms with Crippen molar-refractivity contribution in [2.75, 3.05) is 43.6 Å². The largest absolute Gasteiger partial charge is 0.493 e. The number of hydrogen-bond acceptors (Lipinski definition) is 4. The summed E-state index contributed by atoms with van der Waals surface area (Å²) >= 11 is 0. The SMILES string of the molecule is CCCc1ccc(COC(c2ccc(N(C)C)cc2)c2ccc(N(CC)CC)cc2OCC)cc1. The Bertz CT molecular complexity index is 1020. The predicted octanol–water partition coefficient (Wildman–Crippen LogP) is 7.26. The van der Waals surface area contributed by atoms with Crippen molar-refractivity contribution in [2.45, 2.75) is 53.2 Å². The molecule has 4 nitrogen and oxygen atoms in total. The van der Waals surface area contributed by atoms with Crippen LogP contribution in [0.3, 0.4) is 0 Å². The molecule has 0 fully saturated rings. The smallest absolute Gasteiger partial charge is 0.127 e. The molecule has 35 heavy (non-hydrogen) atoms.